The van der Waals surface area contributed by atoms with Gasteiger partial charge in [0.2, 0.25) is 5.91 Å². The van der Waals surface area contributed by atoms with Crippen molar-refractivity contribution in [1.29, 1.82) is 0 Å². The van der Waals surface area contributed by atoms with Crippen LogP contribution in [0.25, 0.3) is 0 Å². The summed E-state index contributed by atoms with van der Waals surface area (Å²) in [5, 5.41) is 27.5. The Labute approximate surface area is 143 Å². The Balaban J connectivity index is 2.23. The van der Waals surface area contributed by atoms with Crippen LogP contribution in [-0.4, -0.2) is 32.1 Å². The molecule has 138 valence electrons. The van der Waals surface area contributed by atoms with Crippen molar-refractivity contribution in [3.05, 3.63) is 50.2 Å². The van der Waals surface area contributed by atoms with E-state index in [0.29, 0.717) is 0 Å². The van der Waals surface area contributed by atoms with Gasteiger partial charge in [0.25, 0.3) is 0 Å². The SMILES string of the molecule is Cc1c([N+](=O)[O-])c([N+](=O)[O-])nn1CC(=O)Nc1ccccc1OC(F)F. The third-order valence-electron chi connectivity index (χ3n) is 3.18. The molecule has 0 unspecified atom stereocenters. The summed E-state index contributed by atoms with van der Waals surface area (Å²) < 4.78 is 29.8. The van der Waals surface area contributed by atoms with Gasteiger partial charge in [-0.3, -0.25) is 14.9 Å². The van der Waals surface area contributed by atoms with E-state index in [-0.39, 0.29) is 17.1 Å². The molecule has 26 heavy (non-hydrogen) atoms. The van der Waals surface area contributed by atoms with E-state index in [1.54, 1.807) is 0 Å². The van der Waals surface area contributed by atoms with Crippen LogP contribution in [0.1, 0.15) is 5.69 Å². The van der Waals surface area contributed by atoms with Crippen molar-refractivity contribution in [2.75, 3.05) is 5.32 Å². The highest BCUT2D eigenvalue weighted by Gasteiger charge is 2.35. The summed E-state index contributed by atoms with van der Waals surface area (Å²) in [7, 11) is 0. The van der Waals surface area contributed by atoms with Gasteiger partial charge in [-0.05, 0) is 24.0 Å². The second-order valence-electron chi connectivity index (χ2n) is 4.85. The molecule has 13 heteroatoms. The molecule has 0 aliphatic heterocycles. The number of alkyl halides is 2. The Morgan fingerprint density at radius 3 is 2.50 bits per heavy atom. The molecule has 2 rings (SSSR count). The number of carbonyl (C=O) groups excluding carboxylic acids is 1. The van der Waals surface area contributed by atoms with Crippen molar-refractivity contribution >= 4 is 23.1 Å². The first-order valence-corrected chi connectivity index (χ1v) is 6.90. The van der Waals surface area contributed by atoms with Gasteiger partial charge in [-0.25, -0.2) is 0 Å². The zero-order valence-corrected chi connectivity index (χ0v) is 13.1. The van der Waals surface area contributed by atoms with Gasteiger partial charge in [0, 0.05) is 0 Å². The van der Waals surface area contributed by atoms with Gasteiger partial charge in [-0.2, -0.15) is 13.5 Å². The number of hydrogen-bond acceptors (Lipinski definition) is 7. The minimum absolute atomic E-state index is 0.0633. The lowest BCUT2D eigenvalue weighted by molar-refractivity contribution is -0.424. The predicted octanol–water partition coefficient (Wildman–Crippen LogP) is 2.25. The number of nitro groups is 2. The minimum Gasteiger partial charge on any atom is -0.433 e. The Hall–Kier alpha value is -3.64. The zero-order chi connectivity index (χ0) is 19.4. The van der Waals surface area contributed by atoms with Crippen molar-refractivity contribution in [2.24, 2.45) is 0 Å². The number of nitrogens with one attached hydrogen (secondary N) is 1. The highest BCUT2D eigenvalue weighted by atomic mass is 19.3. The molecule has 2 aromatic rings. The van der Waals surface area contributed by atoms with E-state index < -0.39 is 40.4 Å². The second-order valence-corrected chi connectivity index (χ2v) is 4.85. The highest BCUT2D eigenvalue weighted by molar-refractivity contribution is 5.92. The maximum atomic E-state index is 12.4. The van der Waals surface area contributed by atoms with E-state index >= 15 is 0 Å². The van der Waals surface area contributed by atoms with Crippen molar-refractivity contribution in [1.82, 2.24) is 9.78 Å². The fourth-order valence-corrected chi connectivity index (χ4v) is 2.11. The molecule has 0 saturated heterocycles. The molecule has 1 aromatic carbocycles. The van der Waals surface area contributed by atoms with Crippen LogP contribution in [-0.2, 0) is 11.3 Å². The lowest BCUT2D eigenvalue weighted by Gasteiger charge is -2.11. The lowest BCUT2D eigenvalue weighted by atomic mass is 10.3. The van der Waals surface area contributed by atoms with E-state index in [1.807, 2.05) is 0 Å². The maximum Gasteiger partial charge on any atom is 0.468 e. The normalized spacial score (nSPS) is 10.6. The summed E-state index contributed by atoms with van der Waals surface area (Å²) >= 11 is 0. The van der Waals surface area contributed by atoms with E-state index in [9.17, 15) is 33.8 Å². The number of amides is 1. The lowest BCUT2D eigenvalue weighted by Crippen LogP contribution is -2.21. The molecule has 0 radical (unpaired) electrons. The number of hydrogen-bond donors (Lipinski definition) is 1. The fraction of sp³-hybridized carbons (Fsp3) is 0.231. The number of nitrogens with zero attached hydrogens (tertiary/aromatic N) is 4. The monoisotopic (exact) mass is 371 g/mol. The zero-order valence-electron chi connectivity index (χ0n) is 13.1. The summed E-state index contributed by atoms with van der Waals surface area (Å²) in [6.45, 7) is -2.52. The molecule has 0 atom stereocenters. The molecular formula is C13H11F2N5O6. The van der Waals surface area contributed by atoms with E-state index in [1.165, 1.54) is 31.2 Å². The molecule has 0 aliphatic rings. The van der Waals surface area contributed by atoms with Crippen molar-refractivity contribution in [2.45, 2.75) is 20.1 Å². The molecule has 1 aromatic heterocycles. The van der Waals surface area contributed by atoms with Crippen LogP contribution >= 0.6 is 0 Å². The van der Waals surface area contributed by atoms with Crippen LogP contribution in [0.3, 0.4) is 0 Å². The Morgan fingerprint density at radius 2 is 1.96 bits per heavy atom. The summed E-state index contributed by atoms with van der Waals surface area (Å²) in [4.78, 5) is 31.9. The van der Waals surface area contributed by atoms with Gasteiger partial charge in [0.05, 0.1) is 15.7 Å². The minimum atomic E-state index is -3.10. The third kappa shape index (κ3) is 4.06. The van der Waals surface area contributed by atoms with E-state index in [2.05, 4.69) is 15.2 Å². The Bertz CT molecular complexity index is 869. The largest absolute Gasteiger partial charge is 0.468 e. The average Bonchev–Trinajstić information content (AvgIpc) is 2.86. The average molecular weight is 371 g/mol. The van der Waals surface area contributed by atoms with Crippen molar-refractivity contribution < 1.29 is 28.2 Å². The maximum absolute atomic E-state index is 12.4. The van der Waals surface area contributed by atoms with Gasteiger partial charge < -0.3 is 20.2 Å². The molecule has 1 heterocycles. The second kappa shape index (κ2) is 7.50. The number of carbonyl (C=O) groups is 1. The van der Waals surface area contributed by atoms with Gasteiger partial charge >= 0.3 is 18.1 Å². The number of para-hydroxylation sites is 2. The topological polar surface area (TPSA) is 142 Å². The molecule has 1 N–H and O–H groups in total. The summed E-state index contributed by atoms with van der Waals surface area (Å²) in [6, 6.07) is 5.38. The first-order valence-electron chi connectivity index (χ1n) is 6.90. The summed E-state index contributed by atoms with van der Waals surface area (Å²) in [5.41, 5.74) is -1.09. The van der Waals surface area contributed by atoms with Gasteiger partial charge in [0.1, 0.15) is 18.0 Å². The molecule has 0 saturated carbocycles. The standard InChI is InChI=1S/C13H11F2N5O6/c1-7-11(19(22)23)12(20(24)25)17-18(7)6-10(21)16-8-4-2-3-5-9(8)26-13(14)15/h2-5,13H,6H2,1H3,(H,16,21). The first kappa shape index (κ1) is 18.7. The van der Waals surface area contributed by atoms with Crippen molar-refractivity contribution in [3.8, 4) is 5.75 Å². The molecule has 0 fully saturated rings. The number of halogens is 2. The van der Waals surface area contributed by atoms with Gasteiger partial charge in [-0.1, -0.05) is 12.1 Å². The first-order chi connectivity index (χ1) is 12.2. The number of benzene rings is 1. The van der Waals surface area contributed by atoms with Crippen LogP contribution in [0.4, 0.5) is 26.0 Å². The molecule has 0 bridgehead atoms. The smallest absolute Gasteiger partial charge is 0.433 e. The van der Waals surface area contributed by atoms with Gasteiger partial charge in [-0.15, -0.1) is 0 Å². The van der Waals surface area contributed by atoms with Crippen LogP contribution in [0, 0.1) is 27.2 Å². The number of rotatable bonds is 7. The van der Waals surface area contributed by atoms with Gasteiger partial charge in [0.15, 0.2) is 0 Å². The number of ether oxygens (including phenoxy) is 1. The van der Waals surface area contributed by atoms with Crippen LogP contribution in [0.2, 0.25) is 0 Å². The summed E-state index contributed by atoms with van der Waals surface area (Å²) in [6.07, 6.45) is 0. The molecule has 0 spiro atoms. The van der Waals surface area contributed by atoms with E-state index in [0.717, 1.165) is 4.68 Å². The molecular weight excluding hydrogens is 360 g/mol. The van der Waals surface area contributed by atoms with Crippen LogP contribution < -0.4 is 10.1 Å². The van der Waals surface area contributed by atoms with E-state index in [4.69, 9.17) is 0 Å². The molecule has 11 nitrogen and oxygen atoms in total. The third-order valence-corrected chi connectivity index (χ3v) is 3.18. The highest BCUT2D eigenvalue weighted by Crippen LogP contribution is 2.29. The number of aromatic nitrogens is 2. The van der Waals surface area contributed by atoms with Crippen LogP contribution in [0.5, 0.6) is 5.75 Å². The van der Waals surface area contributed by atoms with Crippen molar-refractivity contribution in [3.63, 3.8) is 0 Å². The Morgan fingerprint density at radius 1 is 1.31 bits per heavy atom. The fourth-order valence-electron chi connectivity index (χ4n) is 2.11. The summed E-state index contributed by atoms with van der Waals surface area (Å²) in [5.74, 6) is -2.09. The molecule has 1 amide bonds. The Kier molecular flexibility index (Phi) is 5.39. The predicted molar refractivity (Wildman–Crippen MR) is 82.0 cm³/mol. The number of anilines is 1. The molecule has 0 aliphatic carbocycles. The quantitative estimate of drug-likeness (QED) is 0.581. The van der Waals surface area contributed by atoms with Crippen LogP contribution in [0.15, 0.2) is 24.3 Å².